The van der Waals surface area contributed by atoms with Crippen molar-refractivity contribution in [1.29, 1.82) is 0 Å². The van der Waals surface area contributed by atoms with Crippen LogP contribution in [0, 0.1) is 0 Å². The lowest BCUT2D eigenvalue weighted by molar-refractivity contribution is -0.154. The first-order valence-electron chi connectivity index (χ1n) is 6.87. The number of hydrogen-bond donors (Lipinski definition) is 1. The van der Waals surface area contributed by atoms with Crippen molar-refractivity contribution in [3.8, 4) is 0 Å². The van der Waals surface area contributed by atoms with Gasteiger partial charge in [-0.1, -0.05) is 12.8 Å². The zero-order valence-corrected chi connectivity index (χ0v) is 12.2. The SMILES string of the molecule is CC(C)(C)OC(=O)CCCCCCn1ccc(N)n1. The Balaban J connectivity index is 2.01. The molecule has 1 rings (SSSR count). The summed E-state index contributed by atoms with van der Waals surface area (Å²) in [5.41, 5.74) is 5.15. The van der Waals surface area contributed by atoms with E-state index in [2.05, 4.69) is 5.10 Å². The van der Waals surface area contributed by atoms with Gasteiger partial charge in [0, 0.05) is 19.2 Å². The molecule has 2 N–H and O–H groups in total. The molecule has 0 radical (unpaired) electrons. The first kappa shape index (κ1) is 15.5. The number of nitrogens with two attached hydrogens (primary N) is 1. The van der Waals surface area contributed by atoms with Gasteiger partial charge in [-0.25, -0.2) is 0 Å². The maximum Gasteiger partial charge on any atom is 0.306 e. The van der Waals surface area contributed by atoms with Crippen molar-refractivity contribution in [2.24, 2.45) is 0 Å². The summed E-state index contributed by atoms with van der Waals surface area (Å²) in [6.07, 6.45) is 6.45. The molecule has 0 bridgehead atoms. The third-order valence-electron chi connectivity index (χ3n) is 2.60. The molecule has 0 amide bonds. The number of hydrogen-bond acceptors (Lipinski definition) is 4. The summed E-state index contributed by atoms with van der Waals surface area (Å²) in [6, 6.07) is 1.79. The molecule has 19 heavy (non-hydrogen) atoms. The summed E-state index contributed by atoms with van der Waals surface area (Å²) in [4.78, 5) is 11.5. The van der Waals surface area contributed by atoms with Crippen molar-refractivity contribution >= 4 is 11.8 Å². The molecule has 0 spiro atoms. The lowest BCUT2D eigenvalue weighted by Crippen LogP contribution is -2.23. The van der Waals surface area contributed by atoms with E-state index in [9.17, 15) is 4.79 Å². The van der Waals surface area contributed by atoms with Crippen molar-refractivity contribution in [3.63, 3.8) is 0 Å². The molecule has 0 aliphatic heterocycles. The fourth-order valence-corrected chi connectivity index (χ4v) is 1.79. The minimum absolute atomic E-state index is 0.104. The van der Waals surface area contributed by atoms with Gasteiger partial charge in [0.1, 0.15) is 11.4 Å². The Morgan fingerprint density at radius 2 is 2.00 bits per heavy atom. The van der Waals surface area contributed by atoms with Crippen LogP contribution < -0.4 is 5.73 Å². The van der Waals surface area contributed by atoms with E-state index in [1.807, 2.05) is 31.6 Å². The summed E-state index contributed by atoms with van der Waals surface area (Å²) < 4.78 is 7.10. The topological polar surface area (TPSA) is 70.1 Å². The van der Waals surface area contributed by atoms with E-state index in [0.717, 1.165) is 32.2 Å². The smallest absolute Gasteiger partial charge is 0.306 e. The molecule has 0 saturated carbocycles. The lowest BCUT2D eigenvalue weighted by atomic mass is 10.1. The molecule has 1 aromatic heterocycles. The molecule has 108 valence electrons. The Morgan fingerprint density at radius 3 is 2.58 bits per heavy atom. The number of aromatic nitrogens is 2. The summed E-state index contributed by atoms with van der Waals surface area (Å²) in [5, 5.41) is 4.12. The Morgan fingerprint density at radius 1 is 1.32 bits per heavy atom. The van der Waals surface area contributed by atoms with Gasteiger partial charge in [-0.05, 0) is 39.7 Å². The van der Waals surface area contributed by atoms with Gasteiger partial charge in [0.05, 0.1) is 0 Å². The monoisotopic (exact) mass is 267 g/mol. The molecular formula is C14H25N3O2. The number of nitrogen functional groups attached to an aromatic ring is 1. The third kappa shape index (κ3) is 7.49. The normalized spacial score (nSPS) is 11.5. The van der Waals surface area contributed by atoms with E-state index in [4.69, 9.17) is 10.5 Å². The quantitative estimate of drug-likeness (QED) is 0.609. The molecule has 5 nitrogen and oxygen atoms in total. The van der Waals surface area contributed by atoms with Gasteiger partial charge < -0.3 is 10.5 Å². The number of aryl methyl sites for hydroxylation is 1. The zero-order chi connectivity index (χ0) is 14.3. The number of ether oxygens (including phenoxy) is 1. The van der Waals surface area contributed by atoms with Crippen molar-refractivity contribution in [3.05, 3.63) is 12.3 Å². The van der Waals surface area contributed by atoms with Crippen molar-refractivity contribution < 1.29 is 9.53 Å². The van der Waals surface area contributed by atoms with Gasteiger partial charge in [0.15, 0.2) is 0 Å². The lowest BCUT2D eigenvalue weighted by Gasteiger charge is -2.19. The molecule has 1 aromatic rings. The molecule has 0 aliphatic carbocycles. The van der Waals surface area contributed by atoms with Crippen LogP contribution in [0.1, 0.15) is 52.9 Å². The third-order valence-corrected chi connectivity index (χ3v) is 2.60. The van der Waals surface area contributed by atoms with Crippen LogP contribution in [-0.4, -0.2) is 21.4 Å². The van der Waals surface area contributed by atoms with E-state index >= 15 is 0 Å². The molecular weight excluding hydrogens is 242 g/mol. The van der Waals surface area contributed by atoms with Crippen LogP contribution in [-0.2, 0) is 16.1 Å². The summed E-state index contributed by atoms with van der Waals surface area (Å²) in [6.45, 7) is 6.55. The molecule has 0 atom stereocenters. The summed E-state index contributed by atoms with van der Waals surface area (Å²) in [5.74, 6) is 0.456. The highest BCUT2D eigenvalue weighted by molar-refractivity contribution is 5.69. The number of anilines is 1. The van der Waals surface area contributed by atoms with Gasteiger partial charge in [-0.15, -0.1) is 0 Å². The molecule has 0 aliphatic rings. The number of carbonyl (C=O) groups is 1. The number of esters is 1. The van der Waals surface area contributed by atoms with Crippen LogP contribution in [0.4, 0.5) is 5.82 Å². The van der Waals surface area contributed by atoms with Gasteiger partial charge in [-0.3, -0.25) is 9.48 Å². The molecule has 1 heterocycles. The summed E-state index contributed by atoms with van der Waals surface area (Å²) >= 11 is 0. The Hall–Kier alpha value is -1.52. The van der Waals surface area contributed by atoms with Crippen molar-refractivity contribution in [1.82, 2.24) is 9.78 Å². The van der Waals surface area contributed by atoms with E-state index < -0.39 is 0 Å². The molecule has 0 saturated heterocycles. The molecule has 5 heteroatoms. The maximum atomic E-state index is 11.5. The van der Waals surface area contributed by atoms with E-state index in [1.54, 1.807) is 6.07 Å². The van der Waals surface area contributed by atoms with E-state index in [1.165, 1.54) is 0 Å². The second-order valence-corrected chi connectivity index (χ2v) is 5.75. The largest absolute Gasteiger partial charge is 0.460 e. The van der Waals surface area contributed by atoms with E-state index in [-0.39, 0.29) is 11.6 Å². The average molecular weight is 267 g/mol. The predicted octanol–water partition coefficient (Wildman–Crippen LogP) is 2.76. The first-order chi connectivity index (χ1) is 8.87. The Bertz CT molecular complexity index is 394. The fourth-order valence-electron chi connectivity index (χ4n) is 1.79. The van der Waals surface area contributed by atoms with Gasteiger partial charge in [0.25, 0.3) is 0 Å². The number of nitrogens with zero attached hydrogens (tertiary/aromatic N) is 2. The second-order valence-electron chi connectivity index (χ2n) is 5.75. The molecule has 0 fully saturated rings. The first-order valence-corrected chi connectivity index (χ1v) is 6.87. The van der Waals surface area contributed by atoms with Gasteiger partial charge >= 0.3 is 5.97 Å². The molecule has 0 unspecified atom stereocenters. The number of rotatable bonds is 7. The van der Waals surface area contributed by atoms with Crippen molar-refractivity contribution in [2.45, 2.75) is 65.0 Å². The van der Waals surface area contributed by atoms with Gasteiger partial charge in [0.2, 0.25) is 0 Å². The van der Waals surface area contributed by atoms with Crippen LogP contribution in [0.15, 0.2) is 12.3 Å². The minimum atomic E-state index is -0.378. The predicted molar refractivity (Wildman–Crippen MR) is 75.6 cm³/mol. The standard InChI is InChI=1S/C14H25N3O2/c1-14(2,3)19-13(18)8-6-4-5-7-10-17-11-9-12(15)16-17/h9,11H,4-8,10H2,1-3H3,(H2,15,16). The highest BCUT2D eigenvalue weighted by Crippen LogP contribution is 2.11. The highest BCUT2D eigenvalue weighted by atomic mass is 16.6. The van der Waals surface area contributed by atoms with Gasteiger partial charge in [-0.2, -0.15) is 5.10 Å². The molecule has 0 aromatic carbocycles. The number of unbranched alkanes of at least 4 members (excludes halogenated alkanes) is 3. The maximum absolute atomic E-state index is 11.5. The summed E-state index contributed by atoms with van der Waals surface area (Å²) in [7, 11) is 0. The van der Waals surface area contributed by atoms with Crippen LogP contribution >= 0.6 is 0 Å². The van der Waals surface area contributed by atoms with Crippen LogP contribution in [0.25, 0.3) is 0 Å². The minimum Gasteiger partial charge on any atom is -0.460 e. The Kier molecular flexibility index (Phi) is 5.86. The zero-order valence-electron chi connectivity index (χ0n) is 12.2. The fraction of sp³-hybridized carbons (Fsp3) is 0.714. The van der Waals surface area contributed by atoms with Crippen molar-refractivity contribution in [2.75, 3.05) is 5.73 Å². The number of carbonyl (C=O) groups excluding carboxylic acids is 1. The average Bonchev–Trinajstić information content (AvgIpc) is 2.67. The van der Waals surface area contributed by atoms with Crippen LogP contribution in [0.3, 0.4) is 0 Å². The second kappa shape index (κ2) is 7.16. The van der Waals surface area contributed by atoms with Crippen LogP contribution in [0.2, 0.25) is 0 Å². The Labute approximate surface area is 115 Å². The van der Waals surface area contributed by atoms with Crippen LogP contribution in [0.5, 0.6) is 0 Å². The highest BCUT2D eigenvalue weighted by Gasteiger charge is 2.15. The van der Waals surface area contributed by atoms with E-state index in [0.29, 0.717) is 12.2 Å².